The predicted octanol–water partition coefficient (Wildman–Crippen LogP) is 1.23. The van der Waals surface area contributed by atoms with E-state index in [2.05, 4.69) is 15.6 Å². The SMILES string of the molecule is CN=C(NCc1ccco1)NCC1CCN(S(C)(=O)=O)CC1.I. The zero-order valence-corrected chi connectivity index (χ0v) is 16.6. The van der Waals surface area contributed by atoms with Crippen LogP contribution in [0.1, 0.15) is 18.6 Å². The van der Waals surface area contributed by atoms with Crippen molar-refractivity contribution in [2.45, 2.75) is 19.4 Å². The second-order valence-corrected chi connectivity index (χ2v) is 7.47. The van der Waals surface area contributed by atoms with Gasteiger partial charge in [0.15, 0.2) is 5.96 Å². The van der Waals surface area contributed by atoms with Gasteiger partial charge >= 0.3 is 0 Å². The minimum absolute atomic E-state index is 0. The van der Waals surface area contributed by atoms with Crippen LogP contribution in [0, 0.1) is 5.92 Å². The number of halogens is 1. The summed E-state index contributed by atoms with van der Waals surface area (Å²) in [4.78, 5) is 4.17. The van der Waals surface area contributed by atoms with Crippen LogP contribution in [0.5, 0.6) is 0 Å². The number of rotatable bonds is 5. The van der Waals surface area contributed by atoms with Gasteiger partial charge in [-0.25, -0.2) is 12.7 Å². The summed E-state index contributed by atoms with van der Waals surface area (Å²) in [5, 5.41) is 6.47. The molecule has 2 N–H and O–H groups in total. The lowest BCUT2D eigenvalue weighted by atomic mass is 9.98. The molecule has 0 amide bonds. The molecule has 0 aromatic carbocycles. The minimum Gasteiger partial charge on any atom is -0.467 e. The Morgan fingerprint density at radius 1 is 1.39 bits per heavy atom. The van der Waals surface area contributed by atoms with E-state index in [0.29, 0.717) is 25.6 Å². The molecule has 1 aromatic rings. The number of hydrogen-bond acceptors (Lipinski definition) is 4. The summed E-state index contributed by atoms with van der Waals surface area (Å²) < 4.78 is 29.8. The van der Waals surface area contributed by atoms with Gasteiger partial charge in [-0.3, -0.25) is 4.99 Å². The van der Waals surface area contributed by atoms with Crippen molar-refractivity contribution in [2.24, 2.45) is 10.9 Å². The van der Waals surface area contributed by atoms with Crippen LogP contribution in [0.15, 0.2) is 27.8 Å². The van der Waals surface area contributed by atoms with E-state index in [4.69, 9.17) is 4.42 Å². The van der Waals surface area contributed by atoms with Crippen LogP contribution in [0.25, 0.3) is 0 Å². The number of nitrogens with one attached hydrogen (secondary N) is 2. The number of sulfonamides is 1. The molecule has 0 saturated carbocycles. The average molecular weight is 456 g/mol. The summed E-state index contributed by atoms with van der Waals surface area (Å²) in [5.74, 6) is 2.03. The third-order valence-corrected chi connectivity index (χ3v) is 5.14. The highest BCUT2D eigenvalue weighted by Crippen LogP contribution is 2.18. The highest BCUT2D eigenvalue weighted by molar-refractivity contribution is 14.0. The van der Waals surface area contributed by atoms with Crippen molar-refractivity contribution in [3.05, 3.63) is 24.2 Å². The largest absolute Gasteiger partial charge is 0.467 e. The van der Waals surface area contributed by atoms with Crippen LogP contribution in [-0.4, -0.2) is 51.6 Å². The molecule has 1 fully saturated rings. The highest BCUT2D eigenvalue weighted by atomic mass is 127. The first-order chi connectivity index (χ1) is 10.5. The van der Waals surface area contributed by atoms with E-state index in [9.17, 15) is 8.42 Å². The molecule has 2 heterocycles. The van der Waals surface area contributed by atoms with E-state index in [1.165, 1.54) is 6.26 Å². The normalized spacial score (nSPS) is 17.6. The molecule has 0 atom stereocenters. The second-order valence-electron chi connectivity index (χ2n) is 5.49. The van der Waals surface area contributed by atoms with Crippen molar-refractivity contribution in [1.82, 2.24) is 14.9 Å². The van der Waals surface area contributed by atoms with Gasteiger partial charge in [0.1, 0.15) is 5.76 Å². The number of piperidine rings is 1. The first kappa shape index (κ1) is 20.2. The standard InChI is InChI=1S/C14H24N4O3S.HI/c1-15-14(17-11-13-4-3-9-21-13)16-10-12-5-7-18(8-6-12)22(2,19)20;/h3-4,9,12H,5-8,10-11H2,1-2H3,(H2,15,16,17);1H. The number of guanidine groups is 1. The molecule has 1 aliphatic rings. The number of hydrogen-bond donors (Lipinski definition) is 2. The van der Waals surface area contributed by atoms with Crippen LogP contribution in [0.4, 0.5) is 0 Å². The molecule has 0 bridgehead atoms. The van der Waals surface area contributed by atoms with Gasteiger partial charge in [0.25, 0.3) is 0 Å². The Morgan fingerprint density at radius 3 is 2.61 bits per heavy atom. The fourth-order valence-electron chi connectivity index (χ4n) is 2.49. The van der Waals surface area contributed by atoms with Crippen molar-refractivity contribution < 1.29 is 12.8 Å². The van der Waals surface area contributed by atoms with Crippen LogP contribution in [0.2, 0.25) is 0 Å². The van der Waals surface area contributed by atoms with E-state index in [1.807, 2.05) is 12.1 Å². The number of aliphatic imine (C=N–C) groups is 1. The summed E-state index contributed by atoms with van der Waals surface area (Å²) in [6.07, 6.45) is 4.65. The van der Waals surface area contributed by atoms with Crippen LogP contribution in [-0.2, 0) is 16.6 Å². The topological polar surface area (TPSA) is 86.9 Å². The Kier molecular flexibility index (Phi) is 8.34. The zero-order valence-electron chi connectivity index (χ0n) is 13.5. The summed E-state index contributed by atoms with van der Waals surface area (Å²) in [6.45, 7) is 2.57. The number of nitrogens with zero attached hydrogens (tertiary/aromatic N) is 2. The Morgan fingerprint density at radius 2 is 2.09 bits per heavy atom. The Hall–Kier alpha value is -0.810. The molecule has 1 saturated heterocycles. The first-order valence-corrected chi connectivity index (χ1v) is 9.26. The smallest absolute Gasteiger partial charge is 0.211 e. The second kappa shape index (κ2) is 9.48. The van der Waals surface area contributed by atoms with Crippen molar-refractivity contribution in [2.75, 3.05) is 32.9 Å². The summed E-state index contributed by atoms with van der Waals surface area (Å²) in [5.41, 5.74) is 0. The molecule has 7 nitrogen and oxygen atoms in total. The molecular formula is C14H25IN4O3S. The van der Waals surface area contributed by atoms with Crippen molar-refractivity contribution in [3.8, 4) is 0 Å². The van der Waals surface area contributed by atoms with Gasteiger partial charge in [-0.1, -0.05) is 0 Å². The average Bonchev–Trinajstić information content (AvgIpc) is 3.00. The zero-order chi connectivity index (χ0) is 16.0. The molecule has 9 heteroatoms. The monoisotopic (exact) mass is 456 g/mol. The van der Waals surface area contributed by atoms with E-state index in [0.717, 1.165) is 31.1 Å². The molecule has 132 valence electrons. The maximum Gasteiger partial charge on any atom is 0.211 e. The third kappa shape index (κ3) is 6.68. The van der Waals surface area contributed by atoms with Crippen molar-refractivity contribution >= 4 is 40.0 Å². The van der Waals surface area contributed by atoms with Gasteiger partial charge in [-0.15, -0.1) is 24.0 Å². The quantitative estimate of drug-likeness (QED) is 0.396. The molecule has 2 rings (SSSR count). The van der Waals surface area contributed by atoms with Crippen molar-refractivity contribution in [3.63, 3.8) is 0 Å². The maximum absolute atomic E-state index is 11.5. The van der Waals surface area contributed by atoms with E-state index >= 15 is 0 Å². The van der Waals surface area contributed by atoms with Gasteiger partial charge in [0.2, 0.25) is 10.0 Å². The van der Waals surface area contributed by atoms with Gasteiger partial charge in [0.05, 0.1) is 19.1 Å². The third-order valence-electron chi connectivity index (χ3n) is 3.83. The lowest BCUT2D eigenvalue weighted by molar-refractivity contribution is 0.274. The fraction of sp³-hybridized carbons (Fsp3) is 0.643. The Balaban J connectivity index is 0.00000264. The van der Waals surface area contributed by atoms with Crippen molar-refractivity contribution in [1.29, 1.82) is 0 Å². The van der Waals surface area contributed by atoms with Crippen LogP contribution >= 0.6 is 24.0 Å². The van der Waals surface area contributed by atoms with Gasteiger partial charge in [0, 0.05) is 26.7 Å². The molecule has 0 aliphatic carbocycles. The minimum atomic E-state index is -3.05. The fourth-order valence-corrected chi connectivity index (χ4v) is 3.36. The van der Waals surface area contributed by atoms with E-state index in [1.54, 1.807) is 17.6 Å². The molecular weight excluding hydrogens is 431 g/mol. The Labute approximate surface area is 155 Å². The van der Waals surface area contributed by atoms with Gasteiger partial charge in [-0.05, 0) is 30.9 Å². The molecule has 0 unspecified atom stereocenters. The maximum atomic E-state index is 11.5. The molecule has 1 aromatic heterocycles. The summed E-state index contributed by atoms with van der Waals surface area (Å²) in [6, 6.07) is 3.75. The highest BCUT2D eigenvalue weighted by Gasteiger charge is 2.24. The van der Waals surface area contributed by atoms with Crippen LogP contribution < -0.4 is 10.6 Å². The van der Waals surface area contributed by atoms with Gasteiger partial charge < -0.3 is 15.1 Å². The van der Waals surface area contributed by atoms with Crippen LogP contribution in [0.3, 0.4) is 0 Å². The number of furan rings is 1. The predicted molar refractivity (Wildman–Crippen MR) is 101 cm³/mol. The summed E-state index contributed by atoms with van der Waals surface area (Å²) >= 11 is 0. The van der Waals surface area contributed by atoms with E-state index < -0.39 is 10.0 Å². The molecule has 0 spiro atoms. The Bertz CT molecular complexity index is 581. The molecule has 0 radical (unpaired) electrons. The lowest BCUT2D eigenvalue weighted by Gasteiger charge is -2.30. The first-order valence-electron chi connectivity index (χ1n) is 7.41. The summed E-state index contributed by atoms with van der Waals surface area (Å²) in [7, 11) is -1.33. The van der Waals surface area contributed by atoms with Gasteiger partial charge in [-0.2, -0.15) is 0 Å². The lowest BCUT2D eigenvalue weighted by Crippen LogP contribution is -2.43. The van der Waals surface area contributed by atoms with E-state index in [-0.39, 0.29) is 24.0 Å². The molecule has 1 aliphatic heterocycles. The molecule has 23 heavy (non-hydrogen) atoms.